The van der Waals surface area contributed by atoms with Crippen molar-refractivity contribution in [3.05, 3.63) is 117 Å². The van der Waals surface area contributed by atoms with Crippen LogP contribution in [0, 0.1) is 47.8 Å². The Bertz CT molecular complexity index is 2440. The van der Waals surface area contributed by atoms with E-state index in [0.29, 0.717) is 22.3 Å². The number of aryl methyl sites for hydroxylation is 2. The Morgan fingerprint density at radius 2 is 1.07 bits per heavy atom. The summed E-state index contributed by atoms with van der Waals surface area (Å²) in [6.45, 7) is 8.98. The number of benzene rings is 4. The van der Waals surface area contributed by atoms with E-state index in [9.17, 15) is 15.8 Å². The molecule has 0 saturated carbocycles. The zero-order chi connectivity index (χ0) is 39.9. The summed E-state index contributed by atoms with van der Waals surface area (Å²) in [6, 6.07) is 35.4. The number of fused-ring (bicyclic) bond motifs is 4. The van der Waals surface area contributed by atoms with E-state index in [1.54, 1.807) is 23.5 Å². The van der Waals surface area contributed by atoms with Crippen molar-refractivity contribution in [3.8, 4) is 62.0 Å². The van der Waals surface area contributed by atoms with Crippen molar-refractivity contribution in [3.63, 3.8) is 0 Å². The van der Waals surface area contributed by atoms with Gasteiger partial charge in [-0.05, 0) is 120 Å². The second-order valence-corrected chi connectivity index (χ2v) is 18.6. The largest absolute Gasteiger partial charge is 0.192 e. The molecule has 0 fully saturated rings. The molecule has 0 radical (unpaired) electrons. The molecule has 0 amide bonds. The zero-order valence-corrected chi connectivity index (χ0v) is 35.7. The molecule has 0 atom stereocenters. The molecule has 4 aromatic carbocycles. The van der Waals surface area contributed by atoms with Crippen LogP contribution in [0.2, 0.25) is 0 Å². The Labute approximate surface area is 348 Å². The van der Waals surface area contributed by atoms with Crippen molar-refractivity contribution in [2.45, 2.75) is 123 Å². The number of nitriles is 3. The summed E-state index contributed by atoms with van der Waals surface area (Å²) in [4.78, 5) is 2.46. The molecule has 7 rings (SSSR count). The molecule has 6 aromatic rings. The monoisotopic (exact) mass is 783 g/mol. The lowest BCUT2D eigenvalue weighted by Gasteiger charge is -2.33. The number of rotatable bonds is 17. The van der Waals surface area contributed by atoms with Crippen LogP contribution in [-0.2, 0) is 5.41 Å². The highest BCUT2D eigenvalue weighted by Crippen LogP contribution is 2.55. The first-order valence-corrected chi connectivity index (χ1v) is 22.8. The number of thiophene rings is 2. The van der Waals surface area contributed by atoms with Gasteiger partial charge in [-0.25, -0.2) is 0 Å². The maximum Gasteiger partial charge on any atom is 0.0999 e. The van der Waals surface area contributed by atoms with Crippen LogP contribution in [-0.4, -0.2) is 0 Å². The maximum atomic E-state index is 10.4. The van der Waals surface area contributed by atoms with Gasteiger partial charge in [0.05, 0.1) is 34.9 Å². The Hall–Kier alpha value is -4.99. The highest BCUT2D eigenvalue weighted by molar-refractivity contribution is 7.29. The predicted octanol–water partition coefficient (Wildman–Crippen LogP) is 16.0. The van der Waals surface area contributed by atoms with Crippen LogP contribution < -0.4 is 0 Å². The summed E-state index contributed by atoms with van der Waals surface area (Å²) in [7, 11) is 0. The molecule has 0 bridgehead atoms. The standard InChI is InChI=1S/C52H53N3S2/c1-5-7-9-11-13-15-21-52(22-16-14-12-10-8-6-2)46-23-35(3)17-19-44(46)45-20-18-38(30-47(45)52)39-27-40(48-31-50-49(57-48)24-36(4)56-50)29-41(28-39)51-42(33-54)25-37(32-53)26-43(51)34-55/h17-20,23-31H,5-16,21-22H2,1-4H3. The molecule has 57 heavy (non-hydrogen) atoms. The van der Waals surface area contributed by atoms with Gasteiger partial charge in [0, 0.05) is 30.1 Å². The number of unbranched alkanes of at least 4 members (excludes halogenated alkanes) is 10. The molecule has 1 aliphatic carbocycles. The van der Waals surface area contributed by atoms with Crippen molar-refractivity contribution in [2.24, 2.45) is 0 Å². The minimum atomic E-state index is -0.0479. The van der Waals surface area contributed by atoms with E-state index in [4.69, 9.17) is 0 Å². The third-order valence-corrected chi connectivity index (χ3v) is 14.4. The summed E-state index contributed by atoms with van der Waals surface area (Å²) < 4.78 is 2.54. The van der Waals surface area contributed by atoms with Crippen LogP contribution >= 0.6 is 22.7 Å². The fraction of sp³-hybridized carbons (Fsp3) is 0.365. The molecule has 0 saturated heterocycles. The minimum Gasteiger partial charge on any atom is -0.192 e. The molecule has 0 aliphatic heterocycles. The molecule has 0 N–H and O–H groups in total. The van der Waals surface area contributed by atoms with E-state index in [2.05, 4.69) is 113 Å². The highest BCUT2D eigenvalue weighted by Gasteiger charge is 2.42. The summed E-state index contributed by atoms with van der Waals surface area (Å²) in [5.41, 5.74) is 12.7. The first-order chi connectivity index (χ1) is 27.8. The van der Waals surface area contributed by atoms with Gasteiger partial charge in [0.2, 0.25) is 0 Å². The van der Waals surface area contributed by atoms with Gasteiger partial charge in [-0.3, -0.25) is 0 Å². The van der Waals surface area contributed by atoms with Gasteiger partial charge in [-0.2, -0.15) is 15.8 Å². The lowest BCUT2D eigenvalue weighted by Crippen LogP contribution is -2.25. The van der Waals surface area contributed by atoms with Gasteiger partial charge in [0.25, 0.3) is 0 Å². The number of hydrogen-bond acceptors (Lipinski definition) is 5. The van der Waals surface area contributed by atoms with Crippen LogP contribution in [0.25, 0.3) is 53.2 Å². The predicted molar refractivity (Wildman–Crippen MR) is 242 cm³/mol. The molecule has 0 unspecified atom stereocenters. The fourth-order valence-corrected chi connectivity index (χ4v) is 11.5. The first-order valence-electron chi connectivity index (χ1n) is 21.1. The van der Waals surface area contributed by atoms with Crippen LogP contribution in [0.4, 0.5) is 0 Å². The van der Waals surface area contributed by atoms with E-state index in [0.717, 1.165) is 40.0 Å². The topological polar surface area (TPSA) is 71.4 Å². The van der Waals surface area contributed by atoms with E-state index in [-0.39, 0.29) is 5.41 Å². The average molecular weight is 784 g/mol. The molecule has 2 aromatic heterocycles. The molecule has 1 aliphatic rings. The van der Waals surface area contributed by atoms with Gasteiger partial charge >= 0.3 is 0 Å². The molecule has 5 heteroatoms. The van der Waals surface area contributed by atoms with Crippen LogP contribution in [0.3, 0.4) is 0 Å². The maximum absolute atomic E-state index is 10.4. The Morgan fingerprint density at radius 1 is 0.509 bits per heavy atom. The fourth-order valence-electron chi connectivity index (χ4n) is 9.24. The van der Waals surface area contributed by atoms with Gasteiger partial charge in [0.1, 0.15) is 0 Å². The lowest BCUT2D eigenvalue weighted by molar-refractivity contribution is 0.398. The number of hydrogen-bond donors (Lipinski definition) is 0. The van der Waals surface area contributed by atoms with Crippen LogP contribution in [0.15, 0.2) is 78.9 Å². The average Bonchev–Trinajstić information content (AvgIpc) is 3.87. The van der Waals surface area contributed by atoms with E-state index >= 15 is 0 Å². The minimum absolute atomic E-state index is 0.0479. The molecule has 2 heterocycles. The first kappa shape index (κ1) is 40.2. The SMILES string of the molecule is CCCCCCCCC1(CCCCCCCC)c2cc(C)ccc2-c2ccc(-c3cc(-c4cc5sc(C)cc5s4)cc(-c4c(C#N)cc(C#N)cc4C#N)c3)cc21. The second kappa shape index (κ2) is 18.1. The van der Waals surface area contributed by atoms with Crippen LogP contribution in [0.5, 0.6) is 0 Å². The Balaban J connectivity index is 1.38. The van der Waals surface area contributed by atoms with E-state index < -0.39 is 0 Å². The van der Waals surface area contributed by atoms with Gasteiger partial charge in [-0.15, -0.1) is 22.7 Å². The van der Waals surface area contributed by atoms with E-state index in [1.165, 1.54) is 119 Å². The van der Waals surface area contributed by atoms with Gasteiger partial charge in [0.15, 0.2) is 0 Å². The Morgan fingerprint density at radius 3 is 1.68 bits per heavy atom. The molecular weight excluding hydrogens is 731 g/mol. The van der Waals surface area contributed by atoms with Crippen molar-refractivity contribution < 1.29 is 0 Å². The third kappa shape index (κ3) is 8.37. The Kier molecular flexibility index (Phi) is 12.8. The normalized spacial score (nSPS) is 12.6. The summed E-state index contributed by atoms with van der Waals surface area (Å²) in [5, 5.41) is 30.4. The smallest absolute Gasteiger partial charge is 0.0999 e. The zero-order valence-electron chi connectivity index (χ0n) is 34.1. The molecule has 0 spiro atoms. The van der Waals surface area contributed by atoms with Crippen molar-refractivity contribution in [1.29, 1.82) is 15.8 Å². The lowest BCUT2D eigenvalue weighted by atomic mass is 9.70. The summed E-state index contributed by atoms with van der Waals surface area (Å²) >= 11 is 3.60. The molecule has 288 valence electrons. The van der Waals surface area contributed by atoms with E-state index in [1.807, 2.05) is 11.3 Å². The van der Waals surface area contributed by atoms with Crippen molar-refractivity contribution >= 4 is 32.1 Å². The van der Waals surface area contributed by atoms with Gasteiger partial charge < -0.3 is 0 Å². The molecular formula is C52H53N3S2. The number of nitrogens with zero attached hydrogens (tertiary/aromatic N) is 3. The van der Waals surface area contributed by atoms with Crippen molar-refractivity contribution in [1.82, 2.24) is 0 Å². The summed E-state index contributed by atoms with van der Waals surface area (Å²) in [5.74, 6) is 0. The quantitative estimate of drug-likeness (QED) is 0.0865. The third-order valence-electron chi connectivity index (χ3n) is 12.1. The van der Waals surface area contributed by atoms with Crippen LogP contribution in [0.1, 0.15) is 142 Å². The highest BCUT2D eigenvalue weighted by atomic mass is 32.1. The summed E-state index contributed by atoms with van der Waals surface area (Å²) in [6.07, 6.45) is 17.7. The van der Waals surface area contributed by atoms with Crippen molar-refractivity contribution in [2.75, 3.05) is 0 Å². The molecule has 3 nitrogen and oxygen atoms in total. The van der Waals surface area contributed by atoms with Gasteiger partial charge in [-0.1, -0.05) is 127 Å². The second-order valence-electron chi connectivity index (χ2n) is 16.2.